The monoisotopic (exact) mass is 250 g/mol. The summed E-state index contributed by atoms with van der Waals surface area (Å²) in [6.45, 7) is 2.16. The molecule has 4 N–H and O–H groups in total. The number of nitrogens with one attached hydrogen (secondary N) is 2. The van der Waals surface area contributed by atoms with Gasteiger partial charge in [0.2, 0.25) is 0 Å². The Labute approximate surface area is 103 Å². The standard InChI is InChI=1S/C10H14N6O2/c11-10(18)15-3-1-7-6(5-15)8-9(17)13-12-2-4-16(8)14-7/h12H,1-5H2,(H2,11,18)(H,13,17). The summed E-state index contributed by atoms with van der Waals surface area (Å²) in [7, 11) is 0. The SMILES string of the molecule is NC(=O)N1CCc2nn3c(c2C1)C(=O)NNCC3. The van der Waals surface area contributed by atoms with Gasteiger partial charge in [-0.3, -0.25) is 14.9 Å². The van der Waals surface area contributed by atoms with E-state index in [1.807, 2.05) is 0 Å². The molecule has 3 rings (SSSR count). The lowest BCUT2D eigenvalue weighted by Crippen LogP contribution is -2.41. The number of carbonyl (C=O) groups is 2. The van der Waals surface area contributed by atoms with Crippen molar-refractivity contribution in [3.05, 3.63) is 17.0 Å². The molecule has 0 bridgehead atoms. The third kappa shape index (κ3) is 1.61. The van der Waals surface area contributed by atoms with Crippen LogP contribution in [0.1, 0.15) is 21.7 Å². The van der Waals surface area contributed by atoms with Crippen molar-refractivity contribution >= 4 is 11.9 Å². The zero-order valence-electron chi connectivity index (χ0n) is 9.77. The quantitative estimate of drug-likeness (QED) is 0.525. The molecule has 8 heteroatoms. The van der Waals surface area contributed by atoms with Crippen LogP contribution >= 0.6 is 0 Å². The first-order chi connectivity index (χ1) is 8.66. The molecule has 3 amide bonds. The van der Waals surface area contributed by atoms with Crippen LogP contribution in [0.3, 0.4) is 0 Å². The van der Waals surface area contributed by atoms with Crippen LogP contribution in [0.5, 0.6) is 0 Å². The molecular weight excluding hydrogens is 236 g/mol. The predicted octanol–water partition coefficient (Wildman–Crippen LogP) is -1.43. The molecule has 0 radical (unpaired) electrons. The number of aromatic nitrogens is 2. The van der Waals surface area contributed by atoms with Gasteiger partial charge in [0.1, 0.15) is 5.69 Å². The Hall–Kier alpha value is -2.09. The smallest absolute Gasteiger partial charge is 0.315 e. The Bertz CT molecular complexity index is 523. The molecular formula is C10H14N6O2. The van der Waals surface area contributed by atoms with Crippen LogP contribution in [-0.2, 0) is 19.5 Å². The molecule has 0 saturated carbocycles. The summed E-state index contributed by atoms with van der Waals surface area (Å²) in [4.78, 5) is 24.7. The van der Waals surface area contributed by atoms with Gasteiger partial charge in [0.05, 0.1) is 18.8 Å². The molecule has 2 aliphatic heterocycles. The molecule has 3 heterocycles. The number of hydrazine groups is 1. The number of primary amides is 1. The fourth-order valence-corrected chi connectivity index (χ4v) is 2.39. The average Bonchev–Trinajstić information content (AvgIpc) is 2.61. The normalized spacial score (nSPS) is 18.7. The second-order valence-electron chi connectivity index (χ2n) is 4.39. The summed E-state index contributed by atoms with van der Waals surface area (Å²) in [6, 6.07) is -0.465. The minimum absolute atomic E-state index is 0.215. The van der Waals surface area contributed by atoms with Crippen LogP contribution in [-0.4, -0.2) is 39.7 Å². The van der Waals surface area contributed by atoms with E-state index in [-0.39, 0.29) is 5.91 Å². The third-order valence-electron chi connectivity index (χ3n) is 3.28. The number of nitrogens with two attached hydrogens (primary N) is 1. The van der Waals surface area contributed by atoms with Crippen molar-refractivity contribution in [2.45, 2.75) is 19.5 Å². The highest BCUT2D eigenvalue weighted by Gasteiger charge is 2.30. The van der Waals surface area contributed by atoms with Gasteiger partial charge >= 0.3 is 6.03 Å². The van der Waals surface area contributed by atoms with Gasteiger partial charge in [-0.1, -0.05) is 0 Å². The number of nitrogens with zero attached hydrogens (tertiary/aromatic N) is 3. The van der Waals surface area contributed by atoms with Crippen LogP contribution in [0.25, 0.3) is 0 Å². The van der Waals surface area contributed by atoms with Crippen molar-refractivity contribution in [2.75, 3.05) is 13.1 Å². The molecule has 0 fully saturated rings. The van der Waals surface area contributed by atoms with E-state index < -0.39 is 6.03 Å². The molecule has 1 aromatic rings. The van der Waals surface area contributed by atoms with Crippen molar-refractivity contribution in [1.29, 1.82) is 0 Å². The fourth-order valence-electron chi connectivity index (χ4n) is 2.39. The first-order valence-electron chi connectivity index (χ1n) is 5.83. The molecule has 1 aromatic heterocycles. The molecule has 18 heavy (non-hydrogen) atoms. The number of amides is 3. The Morgan fingerprint density at radius 2 is 2.22 bits per heavy atom. The minimum Gasteiger partial charge on any atom is -0.351 e. The second-order valence-corrected chi connectivity index (χ2v) is 4.39. The highest BCUT2D eigenvalue weighted by molar-refractivity contribution is 5.94. The summed E-state index contributed by atoms with van der Waals surface area (Å²) in [5.41, 5.74) is 12.9. The average molecular weight is 250 g/mol. The highest BCUT2D eigenvalue weighted by atomic mass is 16.2. The van der Waals surface area contributed by atoms with Gasteiger partial charge in [0, 0.05) is 25.1 Å². The van der Waals surface area contributed by atoms with Gasteiger partial charge in [-0.05, 0) is 0 Å². The predicted molar refractivity (Wildman–Crippen MR) is 61.4 cm³/mol. The number of hydrogen-bond acceptors (Lipinski definition) is 4. The molecule has 96 valence electrons. The summed E-state index contributed by atoms with van der Waals surface area (Å²) in [5.74, 6) is -0.215. The van der Waals surface area contributed by atoms with Crippen LogP contribution < -0.4 is 16.6 Å². The van der Waals surface area contributed by atoms with E-state index in [1.165, 1.54) is 4.90 Å². The molecule has 0 atom stereocenters. The number of hydrogen-bond donors (Lipinski definition) is 3. The Kier molecular flexibility index (Phi) is 2.44. The van der Waals surface area contributed by atoms with Gasteiger partial charge in [-0.2, -0.15) is 5.10 Å². The van der Waals surface area contributed by atoms with Crippen LogP contribution in [0.4, 0.5) is 4.79 Å². The lowest BCUT2D eigenvalue weighted by molar-refractivity contribution is 0.0930. The second kappa shape index (κ2) is 3.98. The zero-order chi connectivity index (χ0) is 12.7. The van der Waals surface area contributed by atoms with Crippen molar-refractivity contribution in [3.63, 3.8) is 0 Å². The van der Waals surface area contributed by atoms with Gasteiger partial charge in [-0.15, -0.1) is 0 Å². The zero-order valence-corrected chi connectivity index (χ0v) is 9.77. The number of rotatable bonds is 0. The van der Waals surface area contributed by atoms with Gasteiger partial charge in [0.25, 0.3) is 5.91 Å². The van der Waals surface area contributed by atoms with Crippen molar-refractivity contribution in [1.82, 2.24) is 25.5 Å². The van der Waals surface area contributed by atoms with E-state index >= 15 is 0 Å². The first-order valence-corrected chi connectivity index (χ1v) is 5.83. The number of fused-ring (bicyclic) bond motifs is 3. The maximum Gasteiger partial charge on any atom is 0.315 e. The van der Waals surface area contributed by atoms with Gasteiger partial charge in [-0.25, -0.2) is 10.2 Å². The molecule has 2 aliphatic rings. The largest absolute Gasteiger partial charge is 0.351 e. The van der Waals surface area contributed by atoms with Crippen molar-refractivity contribution in [3.8, 4) is 0 Å². The molecule has 0 unspecified atom stereocenters. The fraction of sp³-hybridized carbons (Fsp3) is 0.500. The molecule has 0 spiro atoms. The van der Waals surface area contributed by atoms with Gasteiger partial charge < -0.3 is 10.6 Å². The minimum atomic E-state index is -0.465. The van der Waals surface area contributed by atoms with Crippen LogP contribution in [0.2, 0.25) is 0 Å². The Balaban J connectivity index is 2.02. The van der Waals surface area contributed by atoms with Crippen molar-refractivity contribution < 1.29 is 9.59 Å². The maximum absolute atomic E-state index is 11.9. The van der Waals surface area contributed by atoms with E-state index in [0.717, 1.165) is 11.3 Å². The van der Waals surface area contributed by atoms with E-state index in [1.54, 1.807) is 4.68 Å². The molecule has 8 nitrogen and oxygen atoms in total. The van der Waals surface area contributed by atoms with Crippen molar-refractivity contribution in [2.24, 2.45) is 5.73 Å². The van der Waals surface area contributed by atoms with E-state index in [4.69, 9.17) is 5.73 Å². The Morgan fingerprint density at radius 1 is 1.39 bits per heavy atom. The van der Waals surface area contributed by atoms with Crippen LogP contribution in [0.15, 0.2) is 0 Å². The Morgan fingerprint density at radius 3 is 3.00 bits per heavy atom. The van der Waals surface area contributed by atoms with E-state index in [2.05, 4.69) is 16.0 Å². The molecule has 0 aliphatic carbocycles. The first kappa shape index (κ1) is 11.0. The van der Waals surface area contributed by atoms with Crippen LogP contribution in [0, 0.1) is 0 Å². The summed E-state index contributed by atoms with van der Waals surface area (Å²) in [5, 5.41) is 4.43. The van der Waals surface area contributed by atoms with E-state index in [0.29, 0.717) is 38.3 Å². The number of carbonyl (C=O) groups excluding carboxylic acids is 2. The summed E-state index contributed by atoms with van der Waals surface area (Å²) < 4.78 is 1.70. The maximum atomic E-state index is 11.9. The van der Waals surface area contributed by atoms with Gasteiger partial charge in [0.15, 0.2) is 0 Å². The topological polar surface area (TPSA) is 105 Å². The lowest BCUT2D eigenvalue weighted by Gasteiger charge is -2.24. The third-order valence-corrected chi connectivity index (χ3v) is 3.28. The molecule has 0 aromatic carbocycles. The summed E-state index contributed by atoms with van der Waals surface area (Å²) >= 11 is 0. The highest BCUT2D eigenvalue weighted by Crippen LogP contribution is 2.22. The van der Waals surface area contributed by atoms with E-state index in [9.17, 15) is 9.59 Å². The molecule has 0 saturated heterocycles. The number of urea groups is 1. The lowest BCUT2D eigenvalue weighted by atomic mass is 10.1. The summed E-state index contributed by atoms with van der Waals surface area (Å²) in [6.07, 6.45) is 0.638.